The van der Waals surface area contributed by atoms with Gasteiger partial charge in [-0.05, 0) is 26.2 Å². The van der Waals surface area contributed by atoms with Crippen molar-refractivity contribution in [3.63, 3.8) is 0 Å². The molecule has 20 nitrogen and oxygen atoms in total. The van der Waals surface area contributed by atoms with Crippen LogP contribution in [0.4, 0.5) is 5.82 Å². The Bertz CT molecular complexity index is 1640. The van der Waals surface area contributed by atoms with Gasteiger partial charge in [-0.2, -0.15) is 4.31 Å². The standard InChI is InChI=1S/C27H41N5O15P2/c1-8-16(40-14(4)33)19-12(2)13(3)20(41-15(5)34)26(43-19)46-49(37,38)47-48(35,36)39-9-17-21-22(45-27(6,7)44-21)25(42-17)32-11-31-18-23(28)29-10-30-24(18)32/h10-13,16-17,19-22,25-26H,8-9H2,1-7H3,(H,35,36)(H,37,38)(H2,28,29,30)/t12-,13-,16+,17+,19?,20?,21?,22-,25+,26?/m0/s1. The molecule has 6 unspecified atom stereocenters. The lowest BCUT2D eigenvalue weighted by Gasteiger charge is -2.45. The Labute approximate surface area is 281 Å². The molecule has 3 saturated heterocycles. The molecule has 2 aromatic heterocycles. The van der Waals surface area contributed by atoms with Crippen molar-refractivity contribution in [3.8, 4) is 0 Å². The van der Waals surface area contributed by atoms with Gasteiger partial charge in [0.2, 0.25) is 6.29 Å². The number of hydrogen-bond acceptors (Lipinski definition) is 17. The number of imidazole rings is 1. The maximum atomic E-state index is 13.1. The van der Waals surface area contributed by atoms with Crippen LogP contribution in [0.25, 0.3) is 11.2 Å². The highest BCUT2D eigenvalue weighted by atomic mass is 31.3. The molecule has 0 aromatic carbocycles. The number of phosphoric acid groups is 2. The summed E-state index contributed by atoms with van der Waals surface area (Å²) in [4.78, 5) is 57.2. The van der Waals surface area contributed by atoms with Crippen LogP contribution in [-0.4, -0.2) is 96.6 Å². The summed E-state index contributed by atoms with van der Waals surface area (Å²) >= 11 is 0. The number of hydrogen-bond donors (Lipinski definition) is 3. The largest absolute Gasteiger partial charge is 0.483 e. The van der Waals surface area contributed by atoms with E-state index in [0.29, 0.717) is 17.6 Å². The highest BCUT2D eigenvalue weighted by Crippen LogP contribution is 2.62. The Morgan fingerprint density at radius 1 is 1.04 bits per heavy atom. The third-order valence-corrected chi connectivity index (χ3v) is 11.0. The topological polar surface area (TPSA) is 261 Å². The minimum Gasteiger partial charge on any atom is -0.460 e. The summed E-state index contributed by atoms with van der Waals surface area (Å²) in [5, 5.41) is 0. The van der Waals surface area contributed by atoms with Crippen LogP contribution in [0.5, 0.6) is 0 Å². The lowest BCUT2D eigenvalue weighted by Crippen LogP contribution is -2.55. The van der Waals surface area contributed by atoms with Crippen molar-refractivity contribution in [1.82, 2.24) is 19.5 Å². The number of anilines is 1. The van der Waals surface area contributed by atoms with Gasteiger partial charge < -0.3 is 43.9 Å². The second kappa shape index (κ2) is 14.2. The van der Waals surface area contributed by atoms with Crippen LogP contribution in [0.1, 0.15) is 61.1 Å². The maximum absolute atomic E-state index is 13.1. The first-order valence-corrected chi connectivity index (χ1v) is 18.4. The van der Waals surface area contributed by atoms with E-state index in [9.17, 15) is 28.5 Å². The van der Waals surface area contributed by atoms with Gasteiger partial charge in [-0.3, -0.25) is 23.2 Å². The molecule has 5 rings (SSSR count). The Kier molecular flexibility index (Phi) is 10.9. The van der Waals surface area contributed by atoms with Gasteiger partial charge in [0.15, 0.2) is 29.6 Å². The summed E-state index contributed by atoms with van der Waals surface area (Å²) in [6, 6.07) is 0. The lowest BCUT2D eigenvalue weighted by molar-refractivity contribution is -0.268. The number of carbonyl (C=O) groups is 2. The zero-order valence-electron chi connectivity index (χ0n) is 27.8. The Morgan fingerprint density at radius 2 is 1.73 bits per heavy atom. The minimum atomic E-state index is -5.49. The monoisotopic (exact) mass is 737 g/mol. The van der Waals surface area contributed by atoms with Crippen LogP contribution in [0.2, 0.25) is 0 Å². The molecule has 0 aliphatic carbocycles. The molecular weight excluding hydrogens is 696 g/mol. The molecule has 3 fully saturated rings. The van der Waals surface area contributed by atoms with Crippen molar-refractivity contribution < 1.29 is 70.3 Å². The van der Waals surface area contributed by atoms with Gasteiger partial charge in [0.05, 0.1) is 12.9 Å². The van der Waals surface area contributed by atoms with Crippen molar-refractivity contribution in [2.24, 2.45) is 11.8 Å². The molecule has 0 bridgehead atoms. The molecule has 49 heavy (non-hydrogen) atoms. The lowest BCUT2D eigenvalue weighted by atomic mass is 9.81. The summed E-state index contributed by atoms with van der Waals surface area (Å²) < 4.78 is 77.4. The number of nitrogen functional groups attached to an aromatic ring is 1. The molecular formula is C27H41N5O15P2. The maximum Gasteiger partial charge on any atom is 0.483 e. The number of phosphoric ester groups is 2. The van der Waals surface area contributed by atoms with Crippen LogP contribution >= 0.6 is 15.6 Å². The first-order valence-electron chi connectivity index (χ1n) is 15.4. The van der Waals surface area contributed by atoms with E-state index >= 15 is 0 Å². The second-order valence-corrected chi connectivity index (χ2v) is 15.4. The number of esters is 2. The molecule has 274 valence electrons. The van der Waals surface area contributed by atoms with E-state index in [2.05, 4.69) is 19.3 Å². The summed E-state index contributed by atoms with van der Waals surface area (Å²) in [5.74, 6) is -3.21. The number of aromatic nitrogens is 4. The van der Waals surface area contributed by atoms with Crippen molar-refractivity contribution in [2.75, 3.05) is 12.3 Å². The molecule has 12 atom stereocenters. The van der Waals surface area contributed by atoms with Gasteiger partial charge >= 0.3 is 27.6 Å². The summed E-state index contributed by atoms with van der Waals surface area (Å²) in [5.41, 5.74) is 6.57. The van der Waals surface area contributed by atoms with Gasteiger partial charge in [0.25, 0.3) is 0 Å². The number of nitrogens with two attached hydrogens (primary N) is 1. The normalized spacial score (nSPS) is 34.1. The van der Waals surface area contributed by atoms with Crippen LogP contribution in [0, 0.1) is 11.8 Å². The quantitative estimate of drug-likeness (QED) is 0.208. The molecule has 2 aromatic rings. The number of fused-ring (bicyclic) bond motifs is 2. The molecule has 4 N–H and O–H groups in total. The minimum absolute atomic E-state index is 0.142. The fourth-order valence-corrected chi connectivity index (χ4v) is 8.36. The number of nitrogens with zero attached hydrogens (tertiary/aromatic N) is 4. The highest BCUT2D eigenvalue weighted by Gasteiger charge is 2.57. The molecule has 0 amide bonds. The van der Waals surface area contributed by atoms with Crippen molar-refractivity contribution in [3.05, 3.63) is 12.7 Å². The molecule has 22 heteroatoms. The van der Waals surface area contributed by atoms with E-state index < -0.39 is 101 Å². The number of carbonyl (C=O) groups excluding carboxylic acids is 2. The second-order valence-electron chi connectivity index (χ2n) is 12.5. The smallest absolute Gasteiger partial charge is 0.460 e. The van der Waals surface area contributed by atoms with E-state index in [4.69, 9.17) is 43.2 Å². The number of rotatable bonds is 12. The van der Waals surface area contributed by atoms with Gasteiger partial charge in [-0.25, -0.2) is 24.1 Å². The zero-order chi connectivity index (χ0) is 36.1. The SMILES string of the molecule is CC[C@@H](OC(C)=O)C1OC(OP(=O)(O)OP(=O)(O)OC[C@H]2O[C@@H](n3cnc4c(N)ncnc43)[C@H]3OC(C)(C)OC23)C(OC(C)=O)[C@@H](C)[C@@H]1C. The molecule has 0 radical (unpaired) electrons. The first-order chi connectivity index (χ1) is 22.8. The predicted octanol–water partition coefficient (Wildman–Crippen LogP) is 2.35. The van der Waals surface area contributed by atoms with Crippen LogP contribution in [0.3, 0.4) is 0 Å². The molecule has 3 aliphatic rings. The van der Waals surface area contributed by atoms with Crippen LogP contribution < -0.4 is 5.73 Å². The van der Waals surface area contributed by atoms with Gasteiger partial charge in [-0.15, -0.1) is 0 Å². The van der Waals surface area contributed by atoms with E-state index in [-0.39, 0.29) is 5.82 Å². The average molecular weight is 738 g/mol. The van der Waals surface area contributed by atoms with Crippen LogP contribution in [-0.2, 0) is 60.5 Å². The zero-order valence-corrected chi connectivity index (χ0v) is 29.6. The predicted molar refractivity (Wildman–Crippen MR) is 164 cm³/mol. The van der Waals surface area contributed by atoms with Crippen molar-refractivity contribution >= 4 is 44.6 Å². The Hall–Kier alpha value is -2.61. The van der Waals surface area contributed by atoms with Crippen molar-refractivity contribution in [1.29, 1.82) is 0 Å². The first kappa shape index (κ1) is 37.6. The summed E-state index contributed by atoms with van der Waals surface area (Å²) in [7, 11) is -10.9. The molecule has 0 spiro atoms. The Morgan fingerprint density at radius 3 is 2.39 bits per heavy atom. The van der Waals surface area contributed by atoms with E-state index in [1.165, 1.54) is 19.6 Å². The van der Waals surface area contributed by atoms with E-state index in [1.807, 2.05) is 0 Å². The summed E-state index contributed by atoms with van der Waals surface area (Å²) in [6.45, 7) is 10.2. The van der Waals surface area contributed by atoms with E-state index in [0.717, 1.165) is 6.92 Å². The van der Waals surface area contributed by atoms with E-state index in [1.54, 1.807) is 39.2 Å². The molecule has 3 aliphatic heterocycles. The van der Waals surface area contributed by atoms with Gasteiger partial charge in [-0.1, -0.05) is 20.8 Å². The Balaban J connectivity index is 1.29. The summed E-state index contributed by atoms with van der Waals surface area (Å²) in [6.07, 6.45) is -5.23. The van der Waals surface area contributed by atoms with Crippen LogP contribution in [0.15, 0.2) is 12.7 Å². The average Bonchev–Trinajstić information content (AvgIpc) is 3.65. The fourth-order valence-electron chi connectivity index (χ4n) is 6.21. The third-order valence-electron chi connectivity index (χ3n) is 8.45. The highest BCUT2D eigenvalue weighted by molar-refractivity contribution is 7.61. The third kappa shape index (κ3) is 8.31. The van der Waals surface area contributed by atoms with Gasteiger partial charge in [0, 0.05) is 19.8 Å². The van der Waals surface area contributed by atoms with Crippen molar-refractivity contribution in [2.45, 2.75) is 110 Å². The molecule has 5 heterocycles. The molecule has 0 saturated carbocycles. The van der Waals surface area contributed by atoms with Gasteiger partial charge in [0.1, 0.15) is 42.4 Å². The fraction of sp³-hybridized carbons (Fsp3) is 0.741. The number of ether oxygens (including phenoxy) is 6.